The molecular formula is C25H28N4O2. The molecule has 1 fully saturated rings. The average Bonchev–Trinajstić information content (AvgIpc) is 3.33. The normalized spacial score (nSPS) is 14.4. The number of likely N-dealkylation sites (tertiary alicyclic amines) is 1. The van der Waals surface area contributed by atoms with Gasteiger partial charge in [0.2, 0.25) is 5.91 Å². The summed E-state index contributed by atoms with van der Waals surface area (Å²) in [6.07, 6.45) is 3.08. The third-order valence-electron chi connectivity index (χ3n) is 6.02. The SMILES string of the molecule is CN(C(=O)c1cc(C2CCN(C(=O)CCc3ccccc3)CC2)[nH]n1)c1ccccc1. The van der Waals surface area contributed by atoms with E-state index in [9.17, 15) is 9.59 Å². The molecule has 160 valence electrons. The van der Waals surface area contributed by atoms with Crippen LogP contribution in [0.2, 0.25) is 0 Å². The molecule has 2 amide bonds. The van der Waals surface area contributed by atoms with Crippen molar-refractivity contribution in [2.75, 3.05) is 25.0 Å². The molecule has 0 bridgehead atoms. The van der Waals surface area contributed by atoms with E-state index in [1.165, 1.54) is 5.56 Å². The number of para-hydroxylation sites is 1. The monoisotopic (exact) mass is 416 g/mol. The van der Waals surface area contributed by atoms with E-state index >= 15 is 0 Å². The maximum Gasteiger partial charge on any atom is 0.278 e. The molecule has 0 unspecified atom stereocenters. The minimum Gasteiger partial charge on any atom is -0.343 e. The second-order valence-corrected chi connectivity index (χ2v) is 8.05. The number of amides is 2. The largest absolute Gasteiger partial charge is 0.343 e. The van der Waals surface area contributed by atoms with Gasteiger partial charge in [0.15, 0.2) is 5.69 Å². The molecular weight excluding hydrogens is 388 g/mol. The number of hydrogen-bond donors (Lipinski definition) is 1. The van der Waals surface area contributed by atoms with Crippen molar-refractivity contribution in [2.24, 2.45) is 0 Å². The highest BCUT2D eigenvalue weighted by Gasteiger charge is 2.26. The number of nitrogens with zero attached hydrogens (tertiary/aromatic N) is 3. The predicted molar refractivity (Wildman–Crippen MR) is 121 cm³/mol. The molecule has 2 aromatic carbocycles. The van der Waals surface area contributed by atoms with Crippen LogP contribution >= 0.6 is 0 Å². The molecule has 0 spiro atoms. The van der Waals surface area contributed by atoms with Crippen molar-refractivity contribution in [3.63, 3.8) is 0 Å². The Morgan fingerprint density at radius 3 is 2.35 bits per heavy atom. The number of rotatable bonds is 6. The summed E-state index contributed by atoms with van der Waals surface area (Å²) in [7, 11) is 1.76. The molecule has 3 aromatic rings. The summed E-state index contributed by atoms with van der Waals surface area (Å²) in [5.74, 6) is 0.365. The number of carbonyl (C=O) groups is 2. The molecule has 0 aliphatic carbocycles. The highest BCUT2D eigenvalue weighted by molar-refractivity contribution is 6.04. The Balaban J connectivity index is 1.30. The van der Waals surface area contributed by atoms with Crippen molar-refractivity contribution in [3.05, 3.63) is 83.7 Å². The van der Waals surface area contributed by atoms with Gasteiger partial charge in [-0.1, -0.05) is 48.5 Å². The Morgan fingerprint density at radius 1 is 1.03 bits per heavy atom. The molecule has 0 atom stereocenters. The fourth-order valence-electron chi connectivity index (χ4n) is 4.09. The Labute approximate surface area is 182 Å². The van der Waals surface area contributed by atoms with E-state index in [2.05, 4.69) is 22.3 Å². The first-order chi connectivity index (χ1) is 15.1. The Kier molecular flexibility index (Phi) is 6.46. The first-order valence-corrected chi connectivity index (χ1v) is 10.8. The van der Waals surface area contributed by atoms with Crippen LogP contribution in [0.15, 0.2) is 66.7 Å². The van der Waals surface area contributed by atoms with E-state index in [-0.39, 0.29) is 17.7 Å². The quantitative estimate of drug-likeness (QED) is 0.660. The van der Waals surface area contributed by atoms with E-state index in [0.29, 0.717) is 12.1 Å². The number of hydrogen-bond acceptors (Lipinski definition) is 3. The van der Waals surface area contributed by atoms with Gasteiger partial charge < -0.3 is 9.80 Å². The number of carbonyl (C=O) groups excluding carboxylic acids is 2. The third-order valence-corrected chi connectivity index (χ3v) is 6.02. The zero-order valence-electron chi connectivity index (χ0n) is 17.8. The number of H-pyrrole nitrogens is 1. The van der Waals surface area contributed by atoms with Gasteiger partial charge in [0.25, 0.3) is 5.91 Å². The smallest absolute Gasteiger partial charge is 0.278 e. The predicted octanol–water partition coefficient (Wildman–Crippen LogP) is 4.03. The minimum absolute atomic E-state index is 0.137. The van der Waals surface area contributed by atoms with Gasteiger partial charge in [0.1, 0.15) is 0 Å². The van der Waals surface area contributed by atoms with Crippen molar-refractivity contribution in [3.8, 4) is 0 Å². The molecule has 6 heteroatoms. The van der Waals surface area contributed by atoms with Crippen LogP contribution in [0.3, 0.4) is 0 Å². The van der Waals surface area contributed by atoms with Gasteiger partial charge in [0, 0.05) is 43.9 Å². The number of piperidine rings is 1. The van der Waals surface area contributed by atoms with Crippen molar-refractivity contribution in [1.29, 1.82) is 0 Å². The summed E-state index contributed by atoms with van der Waals surface area (Å²) >= 11 is 0. The Bertz CT molecular complexity index is 1010. The molecule has 1 aliphatic heterocycles. The fourth-order valence-corrected chi connectivity index (χ4v) is 4.09. The maximum absolute atomic E-state index is 12.8. The second kappa shape index (κ2) is 9.60. The summed E-state index contributed by atoms with van der Waals surface area (Å²) in [4.78, 5) is 28.9. The second-order valence-electron chi connectivity index (χ2n) is 8.05. The number of aromatic amines is 1. The van der Waals surface area contributed by atoms with Crippen molar-refractivity contribution >= 4 is 17.5 Å². The number of aromatic nitrogens is 2. The van der Waals surface area contributed by atoms with Crippen LogP contribution in [0, 0.1) is 0 Å². The van der Waals surface area contributed by atoms with E-state index in [4.69, 9.17) is 0 Å². The summed E-state index contributed by atoms with van der Waals surface area (Å²) < 4.78 is 0. The van der Waals surface area contributed by atoms with Crippen LogP contribution in [0.4, 0.5) is 5.69 Å². The maximum atomic E-state index is 12.8. The van der Waals surface area contributed by atoms with Crippen LogP contribution in [0.25, 0.3) is 0 Å². The first kappa shape index (κ1) is 20.8. The topological polar surface area (TPSA) is 69.3 Å². The standard InChI is InChI=1S/C25H28N4O2/c1-28(21-10-6-3-7-11-21)25(31)23-18-22(26-27-23)20-14-16-29(17-15-20)24(30)13-12-19-8-4-2-5-9-19/h2-11,18,20H,12-17H2,1H3,(H,26,27). The lowest BCUT2D eigenvalue weighted by Crippen LogP contribution is -2.38. The van der Waals surface area contributed by atoms with Gasteiger partial charge in [-0.05, 0) is 43.0 Å². The van der Waals surface area contributed by atoms with Crippen LogP contribution in [-0.4, -0.2) is 47.0 Å². The van der Waals surface area contributed by atoms with Crippen LogP contribution < -0.4 is 4.90 Å². The molecule has 31 heavy (non-hydrogen) atoms. The highest BCUT2D eigenvalue weighted by atomic mass is 16.2. The summed E-state index contributed by atoms with van der Waals surface area (Å²) in [6.45, 7) is 1.48. The van der Waals surface area contributed by atoms with Gasteiger partial charge in [-0.25, -0.2) is 0 Å². The van der Waals surface area contributed by atoms with E-state index in [0.717, 1.165) is 43.7 Å². The first-order valence-electron chi connectivity index (χ1n) is 10.8. The highest BCUT2D eigenvalue weighted by Crippen LogP contribution is 2.28. The number of aryl methyl sites for hydroxylation is 1. The molecule has 2 heterocycles. The van der Waals surface area contributed by atoms with Gasteiger partial charge in [0.05, 0.1) is 0 Å². The lowest BCUT2D eigenvalue weighted by atomic mass is 9.93. The van der Waals surface area contributed by atoms with Gasteiger partial charge in [-0.3, -0.25) is 14.7 Å². The lowest BCUT2D eigenvalue weighted by Gasteiger charge is -2.31. The third kappa shape index (κ3) is 5.02. The van der Waals surface area contributed by atoms with E-state index < -0.39 is 0 Å². The molecule has 1 aromatic heterocycles. The van der Waals surface area contributed by atoms with E-state index in [1.54, 1.807) is 11.9 Å². The molecule has 0 radical (unpaired) electrons. The molecule has 1 aliphatic rings. The Morgan fingerprint density at radius 2 is 1.68 bits per heavy atom. The molecule has 0 saturated carbocycles. The van der Waals surface area contributed by atoms with Crippen LogP contribution in [0.5, 0.6) is 0 Å². The lowest BCUT2D eigenvalue weighted by molar-refractivity contribution is -0.132. The zero-order chi connectivity index (χ0) is 21.6. The Hall–Kier alpha value is -3.41. The van der Waals surface area contributed by atoms with Gasteiger partial charge >= 0.3 is 0 Å². The van der Waals surface area contributed by atoms with E-state index in [1.807, 2.05) is 59.5 Å². The number of benzene rings is 2. The minimum atomic E-state index is -0.137. The van der Waals surface area contributed by atoms with Gasteiger partial charge in [-0.15, -0.1) is 0 Å². The van der Waals surface area contributed by atoms with Crippen LogP contribution in [-0.2, 0) is 11.2 Å². The van der Waals surface area contributed by atoms with Crippen molar-refractivity contribution < 1.29 is 9.59 Å². The number of nitrogens with one attached hydrogen (secondary N) is 1. The summed E-state index contributed by atoms with van der Waals surface area (Å²) in [5.41, 5.74) is 3.42. The van der Waals surface area contributed by atoms with Crippen molar-refractivity contribution in [2.45, 2.75) is 31.6 Å². The molecule has 1 saturated heterocycles. The molecule has 6 nitrogen and oxygen atoms in total. The van der Waals surface area contributed by atoms with Crippen LogP contribution in [0.1, 0.15) is 46.9 Å². The zero-order valence-corrected chi connectivity index (χ0v) is 17.8. The summed E-state index contributed by atoms with van der Waals surface area (Å²) in [6, 6.07) is 21.5. The molecule has 4 rings (SSSR count). The van der Waals surface area contributed by atoms with Gasteiger partial charge in [-0.2, -0.15) is 5.10 Å². The fraction of sp³-hybridized carbons (Fsp3) is 0.320. The average molecular weight is 417 g/mol. The number of anilines is 1. The van der Waals surface area contributed by atoms with Crippen molar-refractivity contribution in [1.82, 2.24) is 15.1 Å². The molecule has 1 N–H and O–H groups in total. The summed E-state index contributed by atoms with van der Waals surface area (Å²) in [5, 5.41) is 7.31.